The third kappa shape index (κ3) is 3.56. The minimum Gasteiger partial charge on any atom is -0.355 e. The maximum Gasteiger partial charge on any atom is 0.226 e. The minimum absolute atomic E-state index is 0.169. The van der Waals surface area contributed by atoms with Crippen molar-refractivity contribution in [3.8, 4) is 0 Å². The van der Waals surface area contributed by atoms with Crippen molar-refractivity contribution in [2.45, 2.75) is 39.0 Å². The van der Waals surface area contributed by atoms with E-state index in [1.165, 1.54) is 0 Å². The lowest BCUT2D eigenvalue weighted by molar-refractivity contribution is -0.133. The van der Waals surface area contributed by atoms with Gasteiger partial charge in [0.25, 0.3) is 0 Å². The van der Waals surface area contributed by atoms with E-state index in [1.807, 2.05) is 7.05 Å². The van der Waals surface area contributed by atoms with Crippen molar-refractivity contribution in [2.24, 2.45) is 12.5 Å². The topological polar surface area (TPSA) is 71.8 Å². The Morgan fingerprint density at radius 3 is 2.85 bits per heavy atom. The van der Waals surface area contributed by atoms with Gasteiger partial charge in [-0.25, -0.2) is 4.98 Å². The Balaban J connectivity index is 1.85. The molecule has 0 unspecified atom stereocenters. The van der Waals surface area contributed by atoms with Crippen LogP contribution >= 0.6 is 0 Å². The molecule has 0 bridgehead atoms. The molecule has 2 rings (SSSR count). The van der Waals surface area contributed by atoms with Crippen molar-refractivity contribution in [1.82, 2.24) is 25.4 Å². The second kappa shape index (κ2) is 6.83. The third-order valence-electron chi connectivity index (χ3n) is 4.05. The second-order valence-corrected chi connectivity index (χ2v) is 5.62. The predicted octanol–water partition coefficient (Wildman–Crippen LogP) is 0.644. The fraction of sp³-hybridized carbons (Fsp3) is 0.786. The highest BCUT2D eigenvalue weighted by Gasteiger charge is 2.38. The Morgan fingerprint density at radius 1 is 1.50 bits per heavy atom. The highest BCUT2D eigenvalue weighted by Crippen LogP contribution is 2.34. The van der Waals surface area contributed by atoms with E-state index >= 15 is 0 Å². The van der Waals surface area contributed by atoms with E-state index in [0.717, 1.165) is 44.6 Å². The summed E-state index contributed by atoms with van der Waals surface area (Å²) in [5.41, 5.74) is -0.169. The molecule has 0 radical (unpaired) electrons. The van der Waals surface area contributed by atoms with Crippen LogP contribution in [0.2, 0.25) is 0 Å². The van der Waals surface area contributed by atoms with Crippen LogP contribution in [-0.2, 0) is 18.3 Å². The molecule has 1 aromatic heterocycles. The second-order valence-electron chi connectivity index (χ2n) is 5.62. The standard InChI is InChI=1S/C14H25N5O/c1-3-5-14(6-9-15-10-7-14)13(20)16-8-4-12-17-11-19(2)18-12/h11,15H,3-10H2,1-2H3,(H,16,20). The molecule has 112 valence electrons. The van der Waals surface area contributed by atoms with Crippen LogP contribution in [0.4, 0.5) is 0 Å². The first-order chi connectivity index (χ1) is 9.66. The van der Waals surface area contributed by atoms with Crippen molar-refractivity contribution >= 4 is 5.91 Å². The fourth-order valence-corrected chi connectivity index (χ4v) is 2.95. The van der Waals surface area contributed by atoms with Crippen molar-refractivity contribution < 1.29 is 4.79 Å². The van der Waals surface area contributed by atoms with Gasteiger partial charge >= 0.3 is 0 Å². The Kier molecular flexibility index (Phi) is 5.11. The third-order valence-corrected chi connectivity index (χ3v) is 4.05. The molecule has 0 spiro atoms. The number of hydrogen-bond acceptors (Lipinski definition) is 4. The highest BCUT2D eigenvalue weighted by molar-refractivity contribution is 5.82. The van der Waals surface area contributed by atoms with Crippen LogP contribution < -0.4 is 10.6 Å². The Hall–Kier alpha value is -1.43. The molecule has 0 atom stereocenters. The largest absolute Gasteiger partial charge is 0.355 e. The van der Waals surface area contributed by atoms with Gasteiger partial charge in [0.1, 0.15) is 6.33 Å². The smallest absolute Gasteiger partial charge is 0.226 e. The van der Waals surface area contributed by atoms with Crippen LogP contribution in [0.25, 0.3) is 0 Å². The van der Waals surface area contributed by atoms with Gasteiger partial charge in [-0.3, -0.25) is 9.48 Å². The number of carbonyl (C=O) groups is 1. The van der Waals surface area contributed by atoms with Crippen LogP contribution in [0, 0.1) is 5.41 Å². The van der Waals surface area contributed by atoms with E-state index in [4.69, 9.17) is 0 Å². The van der Waals surface area contributed by atoms with E-state index in [0.29, 0.717) is 13.0 Å². The molecule has 6 nitrogen and oxygen atoms in total. The lowest BCUT2D eigenvalue weighted by Crippen LogP contribution is -2.48. The molecule has 0 aromatic carbocycles. The van der Waals surface area contributed by atoms with Gasteiger partial charge in [0.15, 0.2) is 5.82 Å². The number of hydrogen-bond donors (Lipinski definition) is 2. The average molecular weight is 279 g/mol. The molecule has 2 N–H and O–H groups in total. The molecule has 1 fully saturated rings. The van der Waals surface area contributed by atoms with Crippen LogP contribution in [-0.4, -0.2) is 40.3 Å². The number of carbonyl (C=O) groups excluding carboxylic acids is 1. The molecule has 1 aliphatic rings. The van der Waals surface area contributed by atoms with Crippen molar-refractivity contribution in [3.05, 3.63) is 12.2 Å². The molecule has 2 heterocycles. The number of amides is 1. The summed E-state index contributed by atoms with van der Waals surface area (Å²) >= 11 is 0. The summed E-state index contributed by atoms with van der Waals surface area (Å²) in [6.07, 6.45) is 6.27. The van der Waals surface area contributed by atoms with Crippen molar-refractivity contribution in [3.63, 3.8) is 0 Å². The Labute approximate surface area is 120 Å². The summed E-state index contributed by atoms with van der Waals surface area (Å²) in [7, 11) is 1.85. The first kappa shape index (κ1) is 15.0. The van der Waals surface area contributed by atoms with Crippen LogP contribution in [0.3, 0.4) is 0 Å². The van der Waals surface area contributed by atoms with Crippen molar-refractivity contribution in [1.29, 1.82) is 0 Å². The molecule has 0 saturated carbocycles. The maximum absolute atomic E-state index is 12.5. The summed E-state index contributed by atoms with van der Waals surface area (Å²) in [4.78, 5) is 16.7. The van der Waals surface area contributed by atoms with E-state index in [2.05, 4.69) is 27.6 Å². The van der Waals surface area contributed by atoms with Gasteiger partial charge in [0.05, 0.1) is 5.41 Å². The van der Waals surface area contributed by atoms with E-state index in [1.54, 1.807) is 11.0 Å². The summed E-state index contributed by atoms with van der Waals surface area (Å²) in [5, 5.41) is 10.6. The summed E-state index contributed by atoms with van der Waals surface area (Å²) in [6.45, 7) is 4.64. The minimum atomic E-state index is -0.169. The SMILES string of the molecule is CCCC1(C(=O)NCCc2ncn(C)n2)CCNCC1. The van der Waals surface area contributed by atoms with Gasteiger partial charge in [-0.15, -0.1) is 0 Å². The Morgan fingerprint density at radius 2 is 2.25 bits per heavy atom. The van der Waals surface area contributed by atoms with Gasteiger partial charge in [-0.2, -0.15) is 5.10 Å². The summed E-state index contributed by atoms with van der Waals surface area (Å²) in [6, 6.07) is 0. The predicted molar refractivity (Wildman–Crippen MR) is 77.2 cm³/mol. The number of nitrogens with one attached hydrogen (secondary N) is 2. The molecular formula is C14H25N5O. The maximum atomic E-state index is 12.5. The molecule has 6 heteroatoms. The van der Waals surface area contributed by atoms with Gasteiger partial charge in [0, 0.05) is 20.0 Å². The van der Waals surface area contributed by atoms with Gasteiger partial charge < -0.3 is 10.6 Å². The van der Waals surface area contributed by atoms with Gasteiger partial charge in [-0.05, 0) is 32.4 Å². The number of aromatic nitrogens is 3. The van der Waals surface area contributed by atoms with E-state index < -0.39 is 0 Å². The number of rotatable bonds is 6. The Bertz CT molecular complexity index is 431. The summed E-state index contributed by atoms with van der Waals surface area (Å²) < 4.78 is 1.68. The normalized spacial score (nSPS) is 17.9. The zero-order chi connectivity index (χ0) is 14.4. The van der Waals surface area contributed by atoms with Gasteiger partial charge in [-0.1, -0.05) is 13.3 Å². The van der Waals surface area contributed by atoms with E-state index in [-0.39, 0.29) is 11.3 Å². The van der Waals surface area contributed by atoms with Crippen molar-refractivity contribution in [2.75, 3.05) is 19.6 Å². The molecular weight excluding hydrogens is 254 g/mol. The number of nitrogens with zero attached hydrogens (tertiary/aromatic N) is 3. The number of piperidine rings is 1. The zero-order valence-electron chi connectivity index (χ0n) is 12.5. The molecule has 1 aromatic rings. The fourth-order valence-electron chi connectivity index (χ4n) is 2.95. The first-order valence-corrected chi connectivity index (χ1v) is 7.50. The molecule has 1 saturated heterocycles. The molecule has 1 aliphatic heterocycles. The molecule has 0 aliphatic carbocycles. The van der Waals surface area contributed by atoms with Crippen LogP contribution in [0.15, 0.2) is 6.33 Å². The monoisotopic (exact) mass is 279 g/mol. The zero-order valence-corrected chi connectivity index (χ0v) is 12.5. The highest BCUT2D eigenvalue weighted by atomic mass is 16.2. The lowest BCUT2D eigenvalue weighted by atomic mass is 9.74. The van der Waals surface area contributed by atoms with Crippen LogP contribution in [0.5, 0.6) is 0 Å². The number of aryl methyl sites for hydroxylation is 1. The quantitative estimate of drug-likeness (QED) is 0.802. The first-order valence-electron chi connectivity index (χ1n) is 7.50. The molecule has 20 heavy (non-hydrogen) atoms. The molecule has 1 amide bonds. The lowest BCUT2D eigenvalue weighted by Gasteiger charge is -2.36. The van der Waals surface area contributed by atoms with Crippen LogP contribution in [0.1, 0.15) is 38.4 Å². The van der Waals surface area contributed by atoms with E-state index in [9.17, 15) is 4.79 Å². The average Bonchev–Trinajstić information content (AvgIpc) is 2.86. The summed E-state index contributed by atoms with van der Waals surface area (Å²) in [5.74, 6) is 0.986. The van der Waals surface area contributed by atoms with Gasteiger partial charge in [0.2, 0.25) is 5.91 Å².